The van der Waals surface area contributed by atoms with Crippen LogP contribution in [-0.2, 0) is 22.6 Å². The first-order valence-corrected chi connectivity index (χ1v) is 15.6. The molecule has 5 rings (SSSR count). The minimum absolute atomic E-state index is 0.149. The van der Waals surface area contributed by atoms with E-state index < -0.39 is 23.5 Å². The molecule has 0 saturated carbocycles. The van der Waals surface area contributed by atoms with E-state index in [1.807, 2.05) is 97.1 Å². The second-order valence-electron chi connectivity index (χ2n) is 12.2. The molecule has 4 aromatic carbocycles. The number of nitrogens with one attached hydrogen (secondary N) is 3. The van der Waals surface area contributed by atoms with Crippen LogP contribution in [0.2, 0.25) is 0 Å². The van der Waals surface area contributed by atoms with E-state index in [0.29, 0.717) is 17.9 Å². The number of aliphatic hydroxyl groups excluding tert-OH is 1. The average molecular weight is 636 g/mol. The highest BCUT2D eigenvalue weighted by molar-refractivity contribution is 6.02. The predicted octanol–water partition coefficient (Wildman–Crippen LogP) is 4.57. The number of para-hydroxylation sites is 2. The lowest BCUT2D eigenvalue weighted by molar-refractivity contribution is -0.130. The molecule has 244 valence electrons. The molecular weight excluding hydrogens is 594 g/mol. The highest BCUT2D eigenvalue weighted by Crippen LogP contribution is 2.37. The van der Waals surface area contributed by atoms with Crippen LogP contribution in [-0.4, -0.2) is 54.8 Å². The lowest BCUT2D eigenvalue weighted by atomic mass is 9.85. The molecule has 0 spiro atoms. The number of rotatable bonds is 10. The van der Waals surface area contributed by atoms with Crippen LogP contribution in [0.4, 0.5) is 16.2 Å². The fraction of sp³-hybridized carbons (Fsp3) is 0.270. The molecule has 0 bridgehead atoms. The van der Waals surface area contributed by atoms with Crippen molar-refractivity contribution in [2.75, 3.05) is 30.5 Å². The highest BCUT2D eigenvalue weighted by Gasteiger charge is 2.40. The zero-order valence-electron chi connectivity index (χ0n) is 26.8. The molecule has 1 heterocycles. The molecule has 0 fully saturated rings. The Labute approximate surface area is 274 Å². The maximum absolute atomic E-state index is 14.6. The van der Waals surface area contributed by atoms with Gasteiger partial charge in [-0.15, -0.1) is 0 Å². The summed E-state index contributed by atoms with van der Waals surface area (Å²) < 4.78 is 5.36. The number of amides is 4. The number of urea groups is 1. The number of benzene rings is 4. The van der Waals surface area contributed by atoms with Gasteiger partial charge in [0.25, 0.3) is 5.91 Å². The van der Waals surface area contributed by atoms with Gasteiger partial charge >= 0.3 is 6.03 Å². The minimum Gasteiger partial charge on any atom is -0.497 e. The van der Waals surface area contributed by atoms with Crippen molar-refractivity contribution in [1.29, 1.82) is 0 Å². The standard InChI is InChI=1S/C37H41N5O5/c1-37(2,38)35(45)41-33-30(26-16-18-28(47-3)19-17-26)22-27-8-4-7-11-32(27)42(34(33)44)23-24-12-14-25(15-13-24)29-9-5-6-10-31(29)40-36(46)39-20-21-43/h4-19,30,33,43H,20-23,38H2,1-3H3,(H,41,45)(H2,39,40,46). The average Bonchev–Trinajstić information content (AvgIpc) is 3.18. The van der Waals surface area contributed by atoms with E-state index in [4.69, 9.17) is 15.6 Å². The fourth-order valence-corrected chi connectivity index (χ4v) is 5.73. The molecule has 10 heteroatoms. The molecule has 2 atom stereocenters. The summed E-state index contributed by atoms with van der Waals surface area (Å²) in [6.07, 6.45) is 0.523. The van der Waals surface area contributed by atoms with Gasteiger partial charge in [0.2, 0.25) is 5.91 Å². The smallest absolute Gasteiger partial charge is 0.319 e. The van der Waals surface area contributed by atoms with Gasteiger partial charge in [-0.3, -0.25) is 9.59 Å². The first-order valence-electron chi connectivity index (χ1n) is 15.6. The van der Waals surface area contributed by atoms with E-state index in [1.165, 1.54) is 0 Å². The molecule has 4 aromatic rings. The lowest BCUT2D eigenvalue weighted by Gasteiger charge is -2.31. The van der Waals surface area contributed by atoms with Crippen LogP contribution in [0.3, 0.4) is 0 Å². The van der Waals surface area contributed by atoms with Crippen LogP contribution in [0.25, 0.3) is 11.1 Å². The fourth-order valence-electron chi connectivity index (χ4n) is 5.73. The summed E-state index contributed by atoms with van der Waals surface area (Å²) in [6.45, 7) is 3.51. The second-order valence-corrected chi connectivity index (χ2v) is 12.2. The topological polar surface area (TPSA) is 146 Å². The molecule has 4 amide bonds. The van der Waals surface area contributed by atoms with Crippen molar-refractivity contribution in [2.24, 2.45) is 5.73 Å². The summed E-state index contributed by atoms with van der Waals surface area (Å²) in [5.74, 6) is -0.305. The van der Waals surface area contributed by atoms with Crippen molar-refractivity contribution in [3.63, 3.8) is 0 Å². The van der Waals surface area contributed by atoms with E-state index >= 15 is 0 Å². The summed E-state index contributed by atoms with van der Waals surface area (Å²) in [5.41, 5.74) is 10.9. The third-order valence-electron chi connectivity index (χ3n) is 8.25. The van der Waals surface area contributed by atoms with Crippen molar-refractivity contribution >= 4 is 29.2 Å². The van der Waals surface area contributed by atoms with E-state index in [0.717, 1.165) is 33.5 Å². The van der Waals surface area contributed by atoms with E-state index in [9.17, 15) is 14.4 Å². The van der Waals surface area contributed by atoms with Gasteiger partial charge in [0, 0.05) is 23.7 Å². The molecule has 0 radical (unpaired) electrons. The lowest BCUT2D eigenvalue weighted by Crippen LogP contribution is -2.57. The monoisotopic (exact) mass is 635 g/mol. The van der Waals surface area contributed by atoms with Gasteiger partial charge in [-0.2, -0.15) is 0 Å². The first kappa shape index (κ1) is 33.2. The van der Waals surface area contributed by atoms with Gasteiger partial charge in [-0.1, -0.05) is 72.8 Å². The number of carbonyl (C=O) groups excluding carboxylic acids is 3. The number of ether oxygens (including phenoxy) is 1. The Bertz CT molecular complexity index is 1720. The Balaban J connectivity index is 1.47. The van der Waals surface area contributed by atoms with Crippen LogP contribution >= 0.6 is 0 Å². The molecule has 0 aliphatic carbocycles. The van der Waals surface area contributed by atoms with Crippen molar-refractivity contribution in [2.45, 2.75) is 44.3 Å². The van der Waals surface area contributed by atoms with Gasteiger partial charge in [0.1, 0.15) is 11.8 Å². The summed E-state index contributed by atoms with van der Waals surface area (Å²) in [4.78, 5) is 41.8. The molecule has 10 nitrogen and oxygen atoms in total. The summed E-state index contributed by atoms with van der Waals surface area (Å²) in [6, 6.07) is 29.4. The van der Waals surface area contributed by atoms with Crippen molar-refractivity contribution in [3.05, 3.63) is 114 Å². The number of nitrogens with two attached hydrogens (primary N) is 1. The zero-order valence-corrected chi connectivity index (χ0v) is 26.8. The van der Waals surface area contributed by atoms with Gasteiger partial charge in [0.15, 0.2) is 0 Å². The second kappa shape index (κ2) is 14.5. The maximum atomic E-state index is 14.6. The minimum atomic E-state index is -1.19. The third kappa shape index (κ3) is 7.79. The molecule has 6 N–H and O–H groups in total. The number of nitrogens with zero attached hydrogens (tertiary/aromatic N) is 1. The Hall–Kier alpha value is -5.19. The van der Waals surface area contributed by atoms with Crippen LogP contribution < -0.4 is 31.3 Å². The highest BCUT2D eigenvalue weighted by atomic mass is 16.5. The van der Waals surface area contributed by atoms with Crippen molar-refractivity contribution in [1.82, 2.24) is 10.6 Å². The number of hydrogen-bond donors (Lipinski definition) is 5. The number of aliphatic hydroxyl groups is 1. The first-order chi connectivity index (χ1) is 22.6. The van der Waals surface area contributed by atoms with Gasteiger partial charge in [-0.25, -0.2) is 4.79 Å². The predicted molar refractivity (Wildman–Crippen MR) is 183 cm³/mol. The molecule has 0 aromatic heterocycles. The number of anilines is 2. The Morgan fingerprint density at radius 2 is 1.64 bits per heavy atom. The van der Waals surface area contributed by atoms with Crippen LogP contribution in [0.1, 0.15) is 36.5 Å². The van der Waals surface area contributed by atoms with Crippen molar-refractivity contribution in [3.8, 4) is 16.9 Å². The van der Waals surface area contributed by atoms with E-state index in [2.05, 4.69) is 16.0 Å². The number of carbonyl (C=O) groups is 3. The quantitative estimate of drug-likeness (QED) is 0.173. The zero-order chi connectivity index (χ0) is 33.6. The maximum Gasteiger partial charge on any atom is 0.319 e. The number of fused-ring (bicyclic) bond motifs is 1. The van der Waals surface area contributed by atoms with Crippen LogP contribution in [0.5, 0.6) is 5.75 Å². The molecule has 47 heavy (non-hydrogen) atoms. The Kier molecular flexibility index (Phi) is 10.2. The van der Waals surface area contributed by atoms with Crippen molar-refractivity contribution < 1.29 is 24.2 Å². The van der Waals surface area contributed by atoms with E-state index in [1.54, 1.807) is 25.9 Å². The Morgan fingerprint density at radius 1 is 0.957 bits per heavy atom. The van der Waals surface area contributed by atoms with Gasteiger partial charge in [0.05, 0.1) is 31.5 Å². The number of hydrogen-bond acceptors (Lipinski definition) is 6. The number of methoxy groups -OCH3 is 1. The van der Waals surface area contributed by atoms with Gasteiger partial charge < -0.3 is 36.4 Å². The van der Waals surface area contributed by atoms with Crippen LogP contribution in [0.15, 0.2) is 97.1 Å². The summed E-state index contributed by atoms with van der Waals surface area (Å²) in [5, 5.41) is 17.5. The molecule has 1 aliphatic heterocycles. The largest absolute Gasteiger partial charge is 0.497 e. The summed E-state index contributed by atoms with van der Waals surface area (Å²) in [7, 11) is 1.60. The van der Waals surface area contributed by atoms with Crippen LogP contribution in [0, 0.1) is 0 Å². The Morgan fingerprint density at radius 3 is 2.32 bits per heavy atom. The molecule has 1 aliphatic rings. The SMILES string of the molecule is COc1ccc(C2Cc3ccccc3N(Cc3ccc(-c4ccccc4NC(=O)NCCO)cc3)C(=O)C2NC(=O)C(C)(C)N)cc1. The van der Waals surface area contributed by atoms with E-state index in [-0.39, 0.29) is 31.5 Å². The third-order valence-corrected chi connectivity index (χ3v) is 8.25. The molecule has 2 unspecified atom stereocenters. The molecule has 0 saturated heterocycles. The summed E-state index contributed by atoms with van der Waals surface area (Å²) >= 11 is 0. The normalized spacial score (nSPS) is 16.1. The molecular formula is C37H41N5O5. The van der Waals surface area contributed by atoms with Gasteiger partial charge in [-0.05, 0) is 66.8 Å².